The molecule has 2 atom stereocenters. The first-order valence-electron chi connectivity index (χ1n) is 6.27. The number of aliphatic hydroxyl groups excluding tert-OH is 1. The summed E-state index contributed by atoms with van der Waals surface area (Å²) in [6.45, 7) is 2.07. The Kier molecular flexibility index (Phi) is 2.69. The number of aliphatic hydroxyl groups is 1. The molecule has 0 saturated carbocycles. The summed E-state index contributed by atoms with van der Waals surface area (Å²) in [5, 5.41) is 13.1. The zero-order valence-corrected chi connectivity index (χ0v) is 9.52. The highest BCUT2D eigenvalue weighted by molar-refractivity contribution is 5.09. The predicted molar refractivity (Wildman–Crippen MR) is 61.3 cm³/mol. The number of fused-ring (bicyclic) bond motifs is 1. The fourth-order valence-corrected chi connectivity index (χ4v) is 2.75. The number of rotatable bonds is 2. The van der Waals surface area contributed by atoms with Crippen LogP contribution in [-0.4, -0.2) is 33.3 Å². The van der Waals surface area contributed by atoms with E-state index < -0.39 is 0 Å². The van der Waals surface area contributed by atoms with Crippen molar-refractivity contribution >= 4 is 0 Å². The first-order chi connectivity index (χ1) is 7.81. The van der Waals surface area contributed by atoms with Crippen molar-refractivity contribution in [2.45, 2.75) is 50.8 Å². The summed E-state index contributed by atoms with van der Waals surface area (Å²) in [7, 11) is 0. The van der Waals surface area contributed by atoms with E-state index in [4.69, 9.17) is 0 Å². The van der Waals surface area contributed by atoms with Gasteiger partial charge in [-0.2, -0.15) is 0 Å². The minimum Gasteiger partial charge on any atom is -0.393 e. The van der Waals surface area contributed by atoms with Crippen LogP contribution in [0.25, 0.3) is 0 Å². The third-order valence-corrected chi connectivity index (χ3v) is 3.65. The number of imidazole rings is 1. The van der Waals surface area contributed by atoms with E-state index in [1.807, 2.05) is 0 Å². The highest BCUT2D eigenvalue weighted by Gasteiger charge is 2.21. The third-order valence-electron chi connectivity index (χ3n) is 3.65. The van der Waals surface area contributed by atoms with Gasteiger partial charge in [0.15, 0.2) is 0 Å². The van der Waals surface area contributed by atoms with Crippen molar-refractivity contribution in [2.24, 2.45) is 0 Å². The number of aromatic nitrogens is 2. The van der Waals surface area contributed by atoms with E-state index in [-0.39, 0.29) is 6.10 Å². The topological polar surface area (TPSA) is 50.1 Å². The van der Waals surface area contributed by atoms with Crippen molar-refractivity contribution < 1.29 is 5.11 Å². The molecular weight excluding hydrogens is 202 g/mol. The Morgan fingerprint density at radius 1 is 1.50 bits per heavy atom. The predicted octanol–water partition coefficient (Wildman–Crippen LogP) is 0.485. The third kappa shape index (κ3) is 1.99. The quantitative estimate of drug-likeness (QED) is 0.764. The number of nitrogens with one attached hydrogen (secondary N) is 1. The molecule has 1 saturated heterocycles. The fourth-order valence-electron chi connectivity index (χ4n) is 2.75. The lowest BCUT2D eigenvalue weighted by atomic mass is 10.1. The molecule has 4 nitrogen and oxygen atoms in total. The largest absolute Gasteiger partial charge is 0.393 e. The van der Waals surface area contributed by atoms with Crippen LogP contribution in [0.2, 0.25) is 0 Å². The van der Waals surface area contributed by atoms with E-state index in [2.05, 4.69) is 21.1 Å². The van der Waals surface area contributed by atoms with Crippen molar-refractivity contribution in [2.75, 3.05) is 6.54 Å². The summed E-state index contributed by atoms with van der Waals surface area (Å²) >= 11 is 0. The Morgan fingerprint density at radius 3 is 3.25 bits per heavy atom. The Bertz CT molecular complexity index is 368. The maximum absolute atomic E-state index is 9.58. The molecule has 2 N–H and O–H groups in total. The molecule has 3 rings (SSSR count). The molecule has 1 aromatic heterocycles. The van der Waals surface area contributed by atoms with Gasteiger partial charge in [0.05, 0.1) is 11.8 Å². The van der Waals surface area contributed by atoms with E-state index in [9.17, 15) is 5.11 Å². The summed E-state index contributed by atoms with van der Waals surface area (Å²) in [4.78, 5) is 4.63. The van der Waals surface area contributed by atoms with Crippen molar-refractivity contribution in [3.8, 4) is 0 Å². The van der Waals surface area contributed by atoms with Gasteiger partial charge in [-0.05, 0) is 25.8 Å². The molecule has 16 heavy (non-hydrogen) atoms. The van der Waals surface area contributed by atoms with Crippen molar-refractivity contribution in [1.29, 1.82) is 0 Å². The summed E-state index contributed by atoms with van der Waals surface area (Å²) in [5.41, 5.74) is 1.18. The first kappa shape index (κ1) is 10.3. The SMILES string of the molecule is OC1CCn2cc(CC3CCCN3)nc2C1. The molecule has 2 aliphatic heterocycles. The maximum atomic E-state index is 9.58. The summed E-state index contributed by atoms with van der Waals surface area (Å²) in [6.07, 6.45) is 7.16. The molecule has 0 spiro atoms. The second-order valence-corrected chi connectivity index (χ2v) is 4.99. The summed E-state index contributed by atoms with van der Waals surface area (Å²) in [6, 6.07) is 0.613. The smallest absolute Gasteiger partial charge is 0.111 e. The van der Waals surface area contributed by atoms with Gasteiger partial charge in [0, 0.05) is 31.6 Å². The van der Waals surface area contributed by atoms with Crippen LogP contribution < -0.4 is 5.32 Å². The average molecular weight is 221 g/mol. The van der Waals surface area contributed by atoms with Gasteiger partial charge in [0.25, 0.3) is 0 Å². The molecule has 1 aromatic rings. The van der Waals surface area contributed by atoms with E-state index in [1.54, 1.807) is 0 Å². The highest BCUT2D eigenvalue weighted by Crippen LogP contribution is 2.17. The van der Waals surface area contributed by atoms with Gasteiger partial charge in [0.1, 0.15) is 5.82 Å². The lowest BCUT2D eigenvalue weighted by Crippen LogP contribution is -2.23. The number of hydrogen-bond acceptors (Lipinski definition) is 3. The Hall–Kier alpha value is -0.870. The van der Waals surface area contributed by atoms with Gasteiger partial charge in [-0.25, -0.2) is 4.98 Å². The van der Waals surface area contributed by atoms with Gasteiger partial charge in [0.2, 0.25) is 0 Å². The lowest BCUT2D eigenvalue weighted by molar-refractivity contribution is 0.141. The van der Waals surface area contributed by atoms with Crippen LogP contribution in [0.15, 0.2) is 6.20 Å². The zero-order valence-electron chi connectivity index (χ0n) is 9.52. The molecule has 2 aliphatic rings. The standard InChI is InChI=1S/C12H19N3O/c16-11-3-5-15-8-10(14-12(15)7-11)6-9-2-1-4-13-9/h8-9,11,13,16H,1-7H2. The van der Waals surface area contributed by atoms with Crippen molar-refractivity contribution in [3.63, 3.8) is 0 Å². The maximum Gasteiger partial charge on any atom is 0.111 e. The van der Waals surface area contributed by atoms with Crippen molar-refractivity contribution in [1.82, 2.24) is 14.9 Å². The molecule has 0 bridgehead atoms. The number of nitrogens with zero attached hydrogens (tertiary/aromatic N) is 2. The average Bonchev–Trinajstić information content (AvgIpc) is 2.86. The molecule has 0 aromatic carbocycles. The van der Waals surface area contributed by atoms with Crippen LogP contribution >= 0.6 is 0 Å². The fraction of sp³-hybridized carbons (Fsp3) is 0.750. The Balaban J connectivity index is 1.71. The molecular formula is C12H19N3O. The Labute approximate surface area is 95.7 Å². The molecule has 88 valence electrons. The van der Waals surface area contributed by atoms with Gasteiger partial charge >= 0.3 is 0 Å². The van der Waals surface area contributed by atoms with Crippen molar-refractivity contribution in [3.05, 3.63) is 17.7 Å². The van der Waals surface area contributed by atoms with Crippen LogP contribution in [0, 0.1) is 0 Å². The van der Waals surface area contributed by atoms with E-state index >= 15 is 0 Å². The van der Waals surface area contributed by atoms with Gasteiger partial charge in [-0.15, -0.1) is 0 Å². The first-order valence-corrected chi connectivity index (χ1v) is 6.27. The van der Waals surface area contributed by atoms with Crippen LogP contribution in [-0.2, 0) is 19.4 Å². The second kappa shape index (κ2) is 4.18. The summed E-state index contributed by atoms with van der Waals surface area (Å²) < 4.78 is 2.21. The Morgan fingerprint density at radius 2 is 2.44 bits per heavy atom. The monoisotopic (exact) mass is 221 g/mol. The van der Waals surface area contributed by atoms with Crippen LogP contribution in [0.1, 0.15) is 30.8 Å². The second-order valence-electron chi connectivity index (χ2n) is 4.99. The molecule has 0 radical (unpaired) electrons. The van der Waals surface area contributed by atoms with Crippen LogP contribution in [0.4, 0.5) is 0 Å². The van der Waals surface area contributed by atoms with Crippen LogP contribution in [0.5, 0.6) is 0 Å². The molecule has 2 unspecified atom stereocenters. The molecule has 0 amide bonds. The minimum absolute atomic E-state index is 0.188. The zero-order chi connectivity index (χ0) is 11.0. The highest BCUT2D eigenvalue weighted by atomic mass is 16.3. The van der Waals surface area contributed by atoms with E-state index in [0.717, 1.165) is 38.2 Å². The van der Waals surface area contributed by atoms with Gasteiger partial charge in [-0.1, -0.05) is 0 Å². The minimum atomic E-state index is -0.188. The normalized spacial score (nSPS) is 29.3. The number of aryl methyl sites for hydroxylation is 1. The molecule has 4 heteroatoms. The van der Waals surface area contributed by atoms with Gasteiger partial charge < -0.3 is 15.0 Å². The van der Waals surface area contributed by atoms with E-state index in [1.165, 1.54) is 18.5 Å². The molecule has 3 heterocycles. The van der Waals surface area contributed by atoms with Crippen LogP contribution in [0.3, 0.4) is 0 Å². The van der Waals surface area contributed by atoms with E-state index in [0.29, 0.717) is 6.04 Å². The molecule has 0 aliphatic carbocycles. The van der Waals surface area contributed by atoms with Gasteiger partial charge in [-0.3, -0.25) is 0 Å². The molecule has 1 fully saturated rings. The lowest BCUT2D eigenvalue weighted by Gasteiger charge is -2.18. The number of hydrogen-bond donors (Lipinski definition) is 2. The summed E-state index contributed by atoms with van der Waals surface area (Å²) in [5.74, 6) is 1.06.